The molecule has 3 aromatic heterocycles. The predicted octanol–water partition coefficient (Wildman–Crippen LogP) is 3.76. The number of aromatic nitrogens is 5. The lowest BCUT2D eigenvalue weighted by molar-refractivity contribution is 0.164. The zero-order valence-corrected chi connectivity index (χ0v) is 17.2. The molecule has 0 radical (unpaired) electrons. The number of rotatable bonds is 2. The van der Waals surface area contributed by atoms with Crippen molar-refractivity contribution in [2.45, 2.75) is 25.5 Å². The highest BCUT2D eigenvalue weighted by atomic mass is 35.5. The Bertz CT molecular complexity index is 1340. The second kappa shape index (κ2) is 7.98. The molecule has 0 saturated heterocycles. The van der Waals surface area contributed by atoms with Gasteiger partial charge in [-0.1, -0.05) is 29.8 Å². The Morgan fingerprint density at radius 3 is 2.77 bits per heavy atom. The molecule has 4 heterocycles. The number of pyridine rings is 1. The molecule has 31 heavy (non-hydrogen) atoms. The lowest BCUT2D eigenvalue weighted by Gasteiger charge is -2.13. The van der Waals surface area contributed by atoms with Gasteiger partial charge in [0, 0.05) is 16.9 Å². The number of halogens is 1. The molecule has 0 amide bonds. The molecule has 1 atom stereocenters. The molecule has 1 aliphatic heterocycles. The fourth-order valence-corrected chi connectivity index (χ4v) is 3.71. The van der Waals surface area contributed by atoms with Crippen LogP contribution in [0, 0.1) is 0 Å². The first-order chi connectivity index (χ1) is 15.1. The Kier molecular flexibility index (Phi) is 5.01. The van der Waals surface area contributed by atoms with Crippen LogP contribution in [0.5, 0.6) is 0 Å². The SMILES string of the molecule is O=c1c2cnc(Nc3ccc(Cl)cc3)nc2n2n1C/C=C\CCC(O)c1cccc-2n1. The normalized spacial score (nSPS) is 17.0. The maximum Gasteiger partial charge on any atom is 0.278 e. The predicted molar refractivity (Wildman–Crippen MR) is 119 cm³/mol. The third kappa shape index (κ3) is 3.71. The molecule has 0 aliphatic carbocycles. The third-order valence-corrected chi connectivity index (χ3v) is 5.39. The van der Waals surface area contributed by atoms with Gasteiger partial charge in [0.25, 0.3) is 5.56 Å². The molecular formula is C22H19ClN6O2. The van der Waals surface area contributed by atoms with Gasteiger partial charge in [0.05, 0.1) is 18.3 Å². The minimum absolute atomic E-state index is 0.204. The number of allylic oxidation sites excluding steroid dienone is 2. The van der Waals surface area contributed by atoms with Gasteiger partial charge in [-0.3, -0.25) is 4.79 Å². The number of benzene rings is 1. The highest BCUT2D eigenvalue weighted by Gasteiger charge is 2.19. The standard InChI is InChI=1S/C22H19ClN6O2/c23-14-8-10-15(11-9-14)25-22-24-13-16-20(27-22)29-19-7-4-5-17(26-19)18(30)6-2-1-3-12-28(29)21(16)31/h1,3-5,7-11,13,18,30H,2,6,12H2,(H,24,25,27)/b3-1-. The molecule has 156 valence electrons. The van der Waals surface area contributed by atoms with Crippen molar-refractivity contribution in [1.82, 2.24) is 24.3 Å². The van der Waals surface area contributed by atoms with E-state index in [4.69, 9.17) is 11.6 Å². The van der Waals surface area contributed by atoms with E-state index in [0.29, 0.717) is 52.9 Å². The minimum Gasteiger partial charge on any atom is -0.387 e. The van der Waals surface area contributed by atoms with E-state index in [2.05, 4.69) is 20.3 Å². The van der Waals surface area contributed by atoms with Crippen LogP contribution in [0.2, 0.25) is 5.02 Å². The second-order valence-electron chi connectivity index (χ2n) is 7.25. The van der Waals surface area contributed by atoms with E-state index < -0.39 is 6.10 Å². The molecule has 0 spiro atoms. The van der Waals surface area contributed by atoms with Crippen LogP contribution in [0.3, 0.4) is 0 Å². The Morgan fingerprint density at radius 1 is 1.10 bits per heavy atom. The summed E-state index contributed by atoms with van der Waals surface area (Å²) in [6, 6.07) is 12.6. The van der Waals surface area contributed by atoms with Crippen molar-refractivity contribution in [3.05, 3.63) is 81.9 Å². The van der Waals surface area contributed by atoms with Gasteiger partial charge < -0.3 is 10.4 Å². The van der Waals surface area contributed by atoms with Crippen LogP contribution in [0.1, 0.15) is 24.6 Å². The molecule has 4 aromatic rings. The number of fused-ring (bicyclic) bond motifs is 6. The van der Waals surface area contributed by atoms with Crippen molar-refractivity contribution in [2.75, 3.05) is 5.32 Å². The molecule has 1 unspecified atom stereocenters. The van der Waals surface area contributed by atoms with Crippen molar-refractivity contribution >= 4 is 34.3 Å². The molecule has 5 rings (SSSR count). The Labute approximate surface area is 182 Å². The van der Waals surface area contributed by atoms with Gasteiger partial charge in [-0.05, 0) is 49.2 Å². The first kappa shape index (κ1) is 19.5. The summed E-state index contributed by atoms with van der Waals surface area (Å²) in [6.45, 7) is 0.358. The second-order valence-corrected chi connectivity index (χ2v) is 7.68. The van der Waals surface area contributed by atoms with Crippen LogP contribution in [0.4, 0.5) is 11.6 Å². The molecule has 1 aliphatic rings. The first-order valence-electron chi connectivity index (χ1n) is 9.92. The largest absolute Gasteiger partial charge is 0.387 e. The Hall–Kier alpha value is -3.49. The molecule has 0 saturated carbocycles. The summed E-state index contributed by atoms with van der Waals surface area (Å²) in [5.41, 5.74) is 1.56. The van der Waals surface area contributed by atoms with Gasteiger partial charge >= 0.3 is 0 Å². The lowest BCUT2D eigenvalue weighted by atomic mass is 10.1. The number of nitrogens with one attached hydrogen (secondary N) is 1. The van der Waals surface area contributed by atoms with E-state index in [1.165, 1.54) is 6.20 Å². The van der Waals surface area contributed by atoms with Crippen LogP contribution in [-0.4, -0.2) is 29.4 Å². The zero-order chi connectivity index (χ0) is 21.4. The Balaban J connectivity index is 1.69. The van der Waals surface area contributed by atoms with E-state index in [1.807, 2.05) is 30.4 Å². The molecule has 2 N–H and O–H groups in total. The van der Waals surface area contributed by atoms with Crippen molar-refractivity contribution < 1.29 is 5.11 Å². The van der Waals surface area contributed by atoms with Gasteiger partial charge in [-0.2, -0.15) is 4.98 Å². The third-order valence-electron chi connectivity index (χ3n) is 5.14. The highest BCUT2D eigenvalue weighted by Crippen LogP contribution is 2.22. The van der Waals surface area contributed by atoms with Gasteiger partial charge in [0.2, 0.25) is 5.95 Å². The van der Waals surface area contributed by atoms with Crippen molar-refractivity contribution in [3.63, 3.8) is 0 Å². The molecule has 0 fully saturated rings. The number of nitrogens with zero attached hydrogens (tertiary/aromatic N) is 5. The maximum absolute atomic E-state index is 13.1. The van der Waals surface area contributed by atoms with Crippen LogP contribution in [-0.2, 0) is 6.54 Å². The monoisotopic (exact) mass is 434 g/mol. The number of hydrogen-bond acceptors (Lipinski definition) is 6. The quantitative estimate of drug-likeness (QED) is 0.466. The fourth-order valence-electron chi connectivity index (χ4n) is 3.59. The molecule has 9 heteroatoms. The van der Waals surface area contributed by atoms with E-state index in [9.17, 15) is 9.90 Å². The molecule has 2 bridgehead atoms. The number of aliphatic hydroxyl groups is 1. The topological polar surface area (TPSA) is 97.9 Å². The minimum atomic E-state index is -0.679. The van der Waals surface area contributed by atoms with Crippen LogP contribution in [0.25, 0.3) is 16.9 Å². The maximum atomic E-state index is 13.1. The van der Waals surface area contributed by atoms with Gasteiger partial charge in [-0.25, -0.2) is 19.3 Å². The molecule has 8 nitrogen and oxygen atoms in total. The van der Waals surface area contributed by atoms with Crippen LogP contribution >= 0.6 is 11.6 Å². The van der Waals surface area contributed by atoms with Gasteiger partial charge in [0.1, 0.15) is 5.39 Å². The van der Waals surface area contributed by atoms with Crippen molar-refractivity contribution in [3.8, 4) is 5.82 Å². The summed E-state index contributed by atoms with van der Waals surface area (Å²) in [7, 11) is 0. The average Bonchev–Trinajstić information content (AvgIpc) is 3.05. The smallest absolute Gasteiger partial charge is 0.278 e. The summed E-state index contributed by atoms with van der Waals surface area (Å²) in [5.74, 6) is 0.854. The van der Waals surface area contributed by atoms with Crippen molar-refractivity contribution in [1.29, 1.82) is 0 Å². The number of hydrogen-bond donors (Lipinski definition) is 2. The first-order valence-corrected chi connectivity index (χ1v) is 10.3. The van der Waals surface area contributed by atoms with E-state index in [1.54, 1.807) is 33.6 Å². The van der Waals surface area contributed by atoms with E-state index in [-0.39, 0.29) is 5.56 Å². The number of anilines is 2. The fraction of sp³-hybridized carbons (Fsp3) is 0.182. The number of aliphatic hydroxyl groups excluding tert-OH is 1. The zero-order valence-electron chi connectivity index (χ0n) is 16.4. The van der Waals surface area contributed by atoms with Crippen LogP contribution < -0.4 is 10.9 Å². The summed E-state index contributed by atoms with van der Waals surface area (Å²) in [6.07, 6.45) is 5.97. The summed E-state index contributed by atoms with van der Waals surface area (Å²) < 4.78 is 3.25. The molecule has 1 aromatic carbocycles. The van der Waals surface area contributed by atoms with Gasteiger partial charge in [-0.15, -0.1) is 0 Å². The Morgan fingerprint density at radius 2 is 1.94 bits per heavy atom. The average molecular weight is 435 g/mol. The summed E-state index contributed by atoms with van der Waals surface area (Å²) >= 11 is 5.95. The van der Waals surface area contributed by atoms with Crippen LogP contribution in [0.15, 0.2) is 65.6 Å². The van der Waals surface area contributed by atoms with E-state index >= 15 is 0 Å². The highest BCUT2D eigenvalue weighted by molar-refractivity contribution is 6.30. The lowest BCUT2D eigenvalue weighted by Crippen LogP contribution is -2.22. The summed E-state index contributed by atoms with van der Waals surface area (Å²) in [5, 5.41) is 14.6. The van der Waals surface area contributed by atoms with E-state index in [0.717, 1.165) is 5.69 Å². The van der Waals surface area contributed by atoms with Crippen molar-refractivity contribution in [2.24, 2.45) is 0 Å². The van der Waals surface area contributed by atoms with Gasteiger partial charge in [0.15, 0.2) is 11.5 Å². The summed E-state index contributed by atoms with van der Waals surface area (Å²) in [4.78, 5) is 26.6. The molecular weight excluding hydrogens is 416 g/mol.